The number of carbonyl (C=O) groups excluding carboxylic acids is 1. The summed E-state index contributed by atoms with van der Waals surface area (Å²) in [5, 5.41) is 10.5. The summed E-state index contributed by atoms with van der Waals surface area (Å²) < 4.78 is 6.59. The fraction of sp³-hybridized carbons (Fsp3) is 0.438. The van der Waals surface area contributed by atoms with Gasteiger partial charge in [-0.25, -0.2) is 0 Å². The standard InChI is InChI=1S/C16H22N4O3.ClH/c1-3-20-13-7-5-4-6-12(13)15(21)14(19-20)16(22)18-9-8-17-10-11-23-2;/h4-7,17H,3,8-11H2,1-2H3,(H,18,22);1H. The molecule has 2 N–H and O–H groups in total. The van der Waals surface area contributed by atoms with Crippen molar-refractivity contribution in [2.45, 2.75) is 13.5 Å². The number of aryl methyl sites for hydroxylation is 1. The molecule has 1 aromatic carbocycles. The predicted octanol–water partition coefficient (Wildman–Crippen LogP) is 0.804. The second-order valence-electron chi connectivity index (χ2n) is 5.01. The van der Waals surface area contributed by atoms with Crippen LogP contribution in [0, 0.1) is 0 Å². The number of nitrogens with one attached hydrogen (secondary N) is 2. The highest BCUT2D eigenvalue weighted by atomic mass is 35.5. The first-order valence-electron chi connectivity index (χ1n) is 7.66. The van der Waals surface area contributed by atoms with E-state index in [-0.39, 0.29) is 23.5 Å². The molecule has 1 aromatic heterocycles. The molecule has 8 heteroatoms. The first kappa shape index (κ1) is 20.1. The second kappa shape index (κ2) is 10.0. The average Bonchev–Trinajstić information content (AvgIpc) is 2.58. The van der Waals surface area contributed by atoms with Crippen molar-refractivity contribution >= 4 is 29.2 Å². The number of hydrogen-bond donors (Lipinski definition) is 2. The summed E-state index contributed by atoms with van der Waals surface area (Å²) in [7, 11) is 1.63. The number of ether oxygens (including phenoxy) is 1. The van der Waals surface area contributed by atoms with Crippen LogP contribution < -0.4 is 16.1 Å². The molecular weight excluding hydrogens is 332 g/mol. The highest BCUT2D eigenvalue weighted by Gasteiger charge is 2.16. The number of amides is 1. The summed E-state index contributed by atoms with van der Waals surface area (Å²) in [4.78, 5) is 24.7. The van der Waals surface area contributed by atoms with Crippen LogP contribution in [0.5, 0.6) is 0 Å². The third-order valence-electron chi connectivity index (χ3n) is 3.45. The van der Waals surface area contributed by atoms with Crippen molar-refractivity contribution in [2.75, 3.05) is 33.4 Å². The second-order valence-corrected chi connectivity index (χ2v) is 5.01. The van der Waals surface area contributed by atoms with Crippen molar-refractivity contribution in [1.29, 1.82) is 0 Å². The minimum absolute atomic E-state index is 0. The number of methoxy groups -OCH3 is 1. The molecule has 0 aliphatic carbocycles. The van der Waals surface area contributed by atoms with Gasteiger partial charge in [-0.15, -0.1) is 12.4 Å². The van der Waals surface area contributed by atoms with E-state index >= 15 is 0 Å². The zero-order chi connectivity index (χ0) is 16.7. The van der Waals surface area contributed by atoms with E-state index in [1.54, 1.807) is 23.9 Å². The Balaban J connectivity index is 0.00000288. The molecule has 0 fully saturated rings. The molecule has 0 unspecified atom stereocenters. The van der Waals surface area contributed by atoms with Gasteiger partial charge in [-0.05, 0) is 19.1 Å². The van der Waals surface area contributed by atoms with Gasteiger partial charge < -0.3 is 15.4 Å². The number of para-hydroxylation sites is 1. The predicted molar refractivity (Wildman–Crippen MR) is 96.0 cm³/mol. The van der Waals surface area contributed by atoms with Crippen LogP contribution in [-0.4, -0.2) is 49.0 Å². The van der Waals surface area contributed by atoms with Crippen molar-refractivity contribution in [3.63, 3.8) is 0 Å². The van der Waals surface area contributed by atoms with E-state index in [1.807, 2.05) is 19.1 Å². The number of hydrogen-bond acceptors (Lipinski definition) is 5. The van der Waals surface area contributed by atoms with Crippen LogP contribution in [0.1, 0.15) is 17.4 Å². The van der Waals surface area contributed by atoms with Gasteiger partial charge in [-0.1, -0.05) is 12.1 Å². The Morgan fingerprint density at radius 2 is 2.00 bits per heavy atom. The fourth-order valence-electron chi connectivity index (χ4n) is 2.28. The number of halogens is 1. The Labute approximate surface area is 146 Å². The number of carbonyl (C=O) groups is 1. The maximum Gasteiger partial charge on any atom is 0.275 e. The van der Waals surface area contributed by atoms with E-state index in [9.17, 15) is 9.59 Å². The lowest BCUT2D eigenvalue weighted by atomic mass is 10.2. The van der Waals surface area contributed by atoms with Crippen LogP contribution in [0.15, 0.2) is 29.1 Å². The topological polar surface area (TPSA) is 85.2 Å². The smallest absolute Gasteiger partial charge is 0.275 e. The highest BCUT2D eigenvalue weighted by molar-refractivity contribution is 5.95. The lowest BCUT2D eigenvalue weighted by molar-refractivity contribution is 0.0945. The molecule has 2 rings (SSSR count). The summed E-state index contributed by atoms with van der Waals surface area (Å²) in [6.07, 6.45) is 0. The molecule has 2 aromatic rings. The van der Waals surface area contributed by atoms with Crippen molar-refractivity contribution in [3.8, 4) is 0 Å². The van der Waals surface area contributed by atoms with Crippen molar-refractivity contribution in [1.82, 2.24) is 20.4 Å². The third kappa shape index (κ3) is 4.77. The zero-order valence-electron chi connectivity index (χ0n) is 13.9. The van der Waals surface area contributed by atoms with Crippen molar-refractivity contribution in [2.24, 2.45) is 0 Å². The Bertz CT molecular complexity index is 733. The maximum atomic E-state index is 12.4. The summed E-state index contributed by atoms with van der Waals surface area (Å²) in [5.74, 6) is -0.448. The molecular formula is C16H23ClN4O3. The summed E-state index contributed by atoms with van der Waals surface area (Å²) in [6.45, 7) is 4.85. The average molecular weight is 355 g/mol. The van der Waals surface area contributed by atoms with Gasteiger partial charge in [-0.3, -0.25) is 14.3 Å². The SMILES string of the molecule is CCn1nc(C(=O)NCCNCCOC)c(=O)c2ccccc21.Cl. The molecule has 1 amide bonds. The number of benzene rings is 1. The van der Waals surface area contributed by atoms with E-state index < -0.39 is 5.91 Å². The fourth-order valence-corrected chi connectivity index (χ4v) is 2.28. The van der Waals surface area contributed by atoms with Crippen molar-refractivity contribution < 1.29 is 9.53 Å². The molecule has 1 heterocycles. The van der Waals surface area contributed by atoms with Gasteiger partial charge in [0.15, 0.2) is 5.69 Å². The molecule has 0 saturated heterocycles. The number of nitrogens with zero attached hydrogens (tertiary/aromatic N) is 2. The summed E-state index contributed by atoms with van der Waals surface area (Å²) >= 11 is 0. The van der Waals surface area contributed by atoms with E-state index in [0.29, 0.717) is 38.2 Å². The minimum Gasteiger partial charge on any atom is -0.383 e. The highest BCUT2D eigenvalue weighted by Crippen LogP contribution is 2.09. The largest absolute Gasteiger partial charge is 0.383 e. The molecule has 0 spiro atoms. The lowest BCUT2D eigenvalue weighted by Crippen LogP contribution is -2.36. The Morgan fingerprint density at radius 1 is 1.25 bits per heavy atom. The van der Waals surface area contributed by atoms with Gasteiger partial charge in [0.25, 0.3) is 5.91 Å². The Morgan fingerprint density at radius 3 is 2.71 bits per heavy atom. The van der Waals surface area contributed by atoms with E-state index in [4.69, 9.17) is 4.74 Å². The van der Waals surface area contributed by atoms with Crippen molar-refractivity contribution in [3.05, 3.63) is 40.2 Å². The number of rotatable bonds is 8. The number of aromatic nitrogens is 2. The van der Waals surface area contributed by atoms with E-state index in [2.05, 4.69) is 15.7 Å². The van der Waals surface area contributed by atoms with Gasteiger partial charge in [0.1, 0.15) is 0 Å². The molecule has 24 heavy (non-hydrogen) atoms. The lowest BCUT2D eigenvalue weighted by Gasteiger charge is -2.10. The van der Waals surface area contributed by atoms with Crippen LogP contribution >= 0.6 is 12.4 Å². The zero-order valence-corrected chi connectivity index (χ0v) is 14.7. The molecule has 0 radical (unpaired) electrons. The molecule has 132 valence electrons. The van der Waals surface area contributed by atoms with E-state index in [1.165, 1.54) is 0 Å². The van der Waals surface area contributed by atoms with Gasteiger partial charge in [0.2, 0.25) is 5.43 Å². The summed E-state index contributed by atoms with van der Waals surface area (Å²) in [5.41, 5.74) is 0.329. The van der Waals surface area contributed by atoms with Crippen LogP contribution in [0.25, 0.3) is 10.9 Å². The van der Waals surface area contributed by atoms with Crippen LogP contribution in [0.3, 0.4) is 0 Å². The molecule has 0 saturated carbocycles. The van der Waals surface area contributed by atoms with Gasteiger partial charge in [-0.2, -0.15) is 5.10 Å². The van der Waals surface area contributed by atoms with Crippen LogP contribution in [0.2, 0.25) is 0 Å². The normalized spacial score (nSPS) is 10.4. The molecule has 0 aliphatic rings. The quantitative estimate of drug-likeness (QED) is 0.685. The van der Waals surface area contributed by atoms with Crippen LogP contribution in [0.4, 0.5) is 0 Å². The Hall–Kier alpha value is -1.96. The Kier molecular flexibility index (Phi) is 8.39. The van der Waals surface area contributed by atoms with Gasteiger partial charge >= 0.3 is 0 Å². The van der Waals surface area contributed by atoms with E-state index in [0.717, 1.165) is 5.52 Å². The maximum absolute atomic E-state index is 12.4. The van der Waals surface area contributed by atoms with Crippen LogP contribution in [-0.2, 0) is 11.3 Å². The molecule has 7 nitrogen and oxygen atoms in total. The number of fused-ring (bicyclic) bond motifs is 1. The first-order valence-corrected chi connectivity index (χ1v) is 7.66. The third-order valence-corrected chi connectivity index (χ3v) is 3.45. The molecule has 0 aliphatic heterocycles. The summed E-state index contributed by atoms with van der Waals surface area (Å²) in [6, 6.07) is 7.18. The molecule has 0 atom stereocenters. The first-order chi connectivity index (χ1) is 11.2. The monoisotopic (exact) mass is 354 g/mol. The van der Waals surface area contributed by atoms with Gasteiger partial charge in [0.05, 0.1) is 12.1 Å². The van der Waals surface area contributed by atoms with Gasteiger partial charge in [0, 0.05) is 38.7 Å². The molecule has 0 bridgehead atoms. The minimum atomic E-state index is -0.448.